The molecule has 0 aromatic carbocycles. The highest BCUT2D eigenvalue weighted by Crippen LogP contribution is 2.55. The van der Waals surface area contributed by atoms with E-state index in [1.165, 1.54) is 38.5 Å². The summed E-state index contributed by atoms with van der Waals surface area (Å²) < 4.78 is 0. The molecule has 3 aliphatic rings. The van der Waals surface area contributed by atoms with Gasteiger partial charge in [-0.15, -0.1) is 0 Å². The predicted molar refractivity (Wildman–Crippen MR) is 68.1 cm³/mol. The molecule has 2 bridgehead atoms. The van der Waals surface area contributed by atoms with Crippen molar-refractivity contribution in [2.24, 2.45) is 34.8 Å². The van der Waals surface area contributed by atoms with Crippen molar-refractivity contribution in [2.45, 2.75) is 58.3 Å². The zero-order valence-electron chi connectivity index (χ0n) is 10.8. The van der Waals surface area contributed by atoms with Crippen LogP contribution in [0.1, 0.15) is 58.3 Å². The van der Waals surface area contributed by atoms with Crippen LogP contribution in [0.2, 0.25) is 0 Å². The molecule has 1 nitrogen and oxygen atoms in total. The Balaban J connectivity index is 1.64. The van der Waals surface area contributed by atoms with Gasteiger partial charge in [-0.2, -0.15) is 0 Å². The highest BCUT2D eigenvalue weighted by Gasteiger charge is 2.45. The molecule has 0 aromatic heterocycles. The van der Waals surface area contributed by atoms with Crippen LogP contribution in [0.4, 0.5) is 0 Å². The second-order valence-electron chi connectivity index (χ2n) is 7.19. The van der Waals surface area contributed by atoms with Gasteiger partial charge in [0.1, 0.15) is 0 Å². The van der Waals surface area contributed by atoms with Crippen molar-refractivity contribution in [1.29, 1.82) is 0 Å². The van der Waals surface area contributed by atoms with E-state index < -0.39 is 0 Å². The molecule has 92 valence electrons. The Hall–Kier alpha value is -0.0400. The molecule has 0 aliphatic heterocycles. The van der Waals surface area contributed by atoms with Gasteiger partial charge in [0.25, 0.3) is 0 Å². The molecule has 0 heterocycles. The predicted octanol–water partition coefficient (Wildman–Crippen LogP) is 3.58. The summed E-state index contributed by atoms with van der Waals surface area (Å²) >= 11 is 0. The molecule has 0 radical (unpaired) electrons. The summed E-state index contributed by atoms with van der Waals surface area (Å²) in [6, 6.07) is 0. The van der Waals surface area contributed by atoms with Crippen LogP contribution in [-0.4, -0.2) is 6.54 Å². The maximum atomic E-state index is 6.11. The summed E-state index contributed by atoms with van der Waals surface area (Å²) in [7, 11) is 0. The molecule has 0 aromatic rings. The number of hydrogen-bond acceptors (Lipinski definition) is 1. The lowest BCUT2D eigenvalue weighted by Gasteiger charge is -2.34. The first-order valence-corrected chi connectivity index (χ1v) is 7.41. The second kappa shape index (κ2) is 4.01. The Morgan fingerprint density at radius 1 is 1.19 bits per heavy atom. The van der Waals surface area contributed by atoms with Crippen molar-refractivity contribution in [1.82, 2.24) is 0 Å². The van der Waals surface area contributed by atoms with Gasteiger partial charge in [-0.05, 0) is 74.2 Å². The molecule has 3 saturated carbocycles. The second-order valence-corrected chi connectivity index (χ2v) is 7.19. The Kier molecular flexibility index (Phi) is 2.78. The molecule has 16 heavy (non-hydrogen) atoms. The molecular formula is C15H27N. The molecular weight excluding hydrogens is 194 g/mol. The first kappa shape index (κ1) is 11.1. The van der Waals surface area contributed by atoms with Crippen molar-refractivity contribution in [3.63, 3.8) is 0 Å². The normalized spacial score (nSPS) is 51.4. The molecule has 3 fully saturated rings. The maximum Gasteiger partial charge on any atom is -0.00203 e. The van der Waals surface area contributed by atoms with Gasteiger partial charge in [0.15, 0.2) is 0 Å². The van der Waals surface area contributed by atoms with Crippen molar-refractivity contribution < 1.29 is 0 Å². The molecule has 5 atom stereocenters. The highest BCUT2D eigenvalue weighted by atomic mass is 14.6. The maximum absolute atomic E-state index is 6.11. The molecule has 3 aliphatic carbocycles. The average molecular weight is 221 g/mol. The van der Waals surface area contributed by atoms with Gasteiger partial charge in [0, 0.05) is 0 Å². The summed E-state index contributed by atoms with van der Waals surface area (Å²) in [5.74, 6) is 4.17. The monoisotopic (exact) mass is 221 g/mol. The lowest BCUT2D eigenvalue weighted by molar-refractivity contribution is 0.178. The van der Waals surface area contributed by atoms with Crippen molar-refractivity contribution in [3.05, 3.63) is 0 Å². The fourth-order valence-electron chi connectivity index (χ4n) is 5.13. The first-order chi connectivity index (χ1) is 7.71. The third kappa shape index (κ3) is 1.81. The Morgan fingerprint density at radius 2 is 2.06 bits per heavy atom. The first-order valence-electron chi connectivity index (χ1n) is 7.41. The zero-order chi connectivity index (χ0) is 11.2. The van der Waals surface area contributed by atoms with Crippen LogP contribution in [0.5, 0.6) is 0 Å². The lowest BCUT2D eigenvalue weighted by Crippen LogP contribution is -2.31. The van der Waals surface area contributed by atoms with Crippen LogP contribution in [0.25, 0.3) is 0 Å². The van der Waals surface area contributed by atoms with Crippen molar-refractivity contribution >= 4 is 0 Å². The quantitative estimate of drug-likeness (QED) is 0.774. The van der Waals surface area contributed by atoms with Crippen LogP contribution in [0.3, 0.4) is 0 Å². The van der Waals surface area contributed by atoms with Crippen LogP contribution in [0.15, 0.2) is 0 Å². The summed E-state index contributed by atoms with van der Waals surface area (Å²) in [6.45, 7) is 3.36. The van der Waals surface area contributed by atoms with E-state index in [4.69, 9.17) is 5.73 Å². The molecule has 0 amide bonds. The molecule has 1 heteroatoms. The number of hydrogen-bond donors (Lipinski definition) is 1. The Labute approximate surface area is 100 Å². The van der Waals surface area contributed by atoms with E-state index in [0.717, 1.165) is 30.2 Å². The van der Waals surface area contributed by atoms with E-state index in [2.05, 4.69) is 6.92 Å². The lowest BCUT2D eigenvalue weighted by atomic mass is 9.72. The van der Waals surface area contributed by atoms with Crippen molar-refractivity contribution in [2.75, 3.05) is 6.54 Å². The van der Waals surface area contributed by atoms with Gasteiger partial charge < -0.3 is 5.73 Å². The topological polar surface area (TPSA) is 26.0 Å². The minimum absolute atomic E-state index is 0.550. The molecule has 2 N–H and O–H groups in total. The van der Waals surface area contributed by atoms with Crippen LogP contribution in [-0.2, 0) is 0 Å². The summed E-state index contributed by atoms with van der Waals surface area (Å²) in [5, 5.41) is 0. The molecule has 0 saturated heterocycles. The fourth-order valence-corrected chi connectivity index (χ4v) is 5.13. The van der Waals surface area contributed by atoms with Gasteiger partial charge in [-0.25, -0.2) is 0 Å². The third-order valence-electron chi connectivity index (χ3n) is 5.96. The van der Waals surface area contributed by atoms with Crippen LogP contribution >= 0.6 is 0 Å². The van der Waals surface area contributed by atoms with Gasteiger partial charge in [-0.1, -0.05) is 19.8 Å². The van der Waals surface area contributed by atoms with Gasteiger partial charge >= 0.3 is 0 Å². The summed E-state index contributed by atoms with van der Waals surface area (Å²) in [5.41, 5.74) is 6.66. The standard InChI is InChI=1S/C15H27N/c1-11-4-5-15(8-11,10-16)9-14-7-12-2-3-13(14)6-12/h11-14H,2-10,16H2,1H3. The van der Waals surface area contributed by atoms with Gasteiger partial charge in [0.2, 0.25) is 0 Å². The Bertz CT molecular complexity index is 262. The summed E-state index contributed by atoms with van der Waals surface area (Å²) in [6.07, 6.45) is 11.9. The molecule has 5 unspecified atom stereocenters. The molecule has 0 spiro atoms. The average Bonchev–Trinajstić information content (AvgIpc) is 2.94. The fraction of sp³-hybridized carbons (Fsp3) is 1.00. The van der Waals surface area contributed by atoms with Gasteiger partial charge in [-0.3, -0.25) is 0 Å². The Morgan fingerprint density at radius 3 is 2.56 bits per heavy atom. The minimum atomic E-state index is 0.550. The van der Waals surface area contributed by atoms with Crippen molar-refractivity contribution in [3.8, 4) is 0 Å². The third-order valence-corrected chi connectivity index (χ3v) is 5.96. The molecule has 3 rings (SSSR count). The largest absolute Gasteiger partial charge is 0.330 e. The number of rotatable bonds is 3. The highest BCUT2D eigenvalue weighted by molar-refractivity contribution is 4.96. The number of nitrogens with two attached hydrogens (primary N) is 1. The van der Waals surface area contributed by atoms with Crippen LogP contribution < -0.4 is 5.73 Å². The summed E-state index contributed by atoms with van der Waals surface area (Å²) in [4.78, 5) is 0. The smallest absolute Gasteiger partial charge is 0.00203 e. The van der Waals surface area contributed by atoms with E-state index in [9.17, 15) is 0 Å². The van der Waals surface area contributed by atoms with Gasteiger partial charge in [0.05, 0.1) is 0 Å². The van der Waals surface area contributed by atoms with Crippen LogP contribution in [0, 0.1) is 29.1 Å². The zero-order valence-corrected chi connectivity index (χ0v) is 10.8. The minimum Gasteiger partial charge on any atom is -0.330 e. The van der Waals surface area contributed by atoms with E-state index in [1.807, 2.05) is 0 Å². The SMILES string of the molecule is CC1CCC(CN)(CC2CC3CCC2C3)C1. The van der Waals surface area contributed by atoms with E-state index in [1.54, 1.807) is 12.8 Å². The van der Waals surface area contributed by atoms with E-state index in [0.29, 0.717) is 5.41 Å². The number of fused-ring (bicyclic) bond motifs is 2. The van der Waals surface area contributed by atoms with E-state index >= 15 is 0 Å². The van der Waals surface area contributed by atoms with E-state index in [-0.39, 0.29) is 0 Å².